The second-order valence-corrected chi connectivity index (χ2v) is 3.47. The number of rotatable bonds is 4. The van der Waals surface area contributed by atoms with Gasteiger partial charge in [0.25, 0.3) is 0 Å². The van der Waals surface area contributed by atoms with Crippen molar-refractivity contribution >= 4 is 11.9 Å². The van der Waals surface area contributed by atoms with E-state index >= 15 is 0 Å². The van der Waals surface area contributed by atoms with Crippen LogP contribution in [0.1, 0.15) is 12.8 Å². The molecule has 0 bridgehead atoms. The van der Waals surface area contributed by atoms with Crippen LogP contribution in [0.5, 0.6) is 0 Å². The number of urea groups is 1. The molecule has 5 N–H and O–H groups in total. The molecular weight excluding hydrogens is 200 g/mol. The molecule has 1 aliphatic heterocycles. The third-order valence-corrected chi connectivity index (χ3v) is 2.27. The first-order valence-corrected chi connectivity index (χ1v) is 4.79. The first-order chi connectivity index (χ1) is 7.09. The second-order valence-electron chi connectivity index (χ2n) is 3.47. The summed E-state index contributed by atoms with van der Waals surface area (Å²) in [7, 11) is 0. The van der Waals surface area contributed by atoms with Gasteiger partial charge in [0, 0.05) is 19.1 Å². The number of hydrogen-bond acceptors (Lipinski definition) is 4. The lowest BCUT2D eigenvalue weighted by atomic mass is 10.1. The Hall–Kier alpha value is -1.34. The number of carbonyl (C=O) groups excluding carboxylic acids is 2. The van der Waals surface area contributed by atoms with Gasteiger partial charge < -0.3 is 16.4 Å². The van der Waals surface area contributed by atoms with Crippen molar-refractivity contribution in [3.05, 3.63) is 0 Å². The highest BCUT2D eigenvalue weighted by atomic mass is 16.6. The first-order valence-electron chi connectivity index (χ1n) is 4.79. The van der Waals surface area contributed by atoms with E-state index in [0.29, 0.717) is 13.1 Å². The van der Waals surface area contributed by atoms with Crippen LogP contribution in [0.4, 0.5) is 4.79 Å². The van der Waals surface area contributed by atoms with E-state index in [9.17, 15) is 9.59 Å². The fraction of sp³-hybridized carbons (Fsp3) is 0.750. The summed E-state index contributed by atoms with van der Waals surface area (Å²) in [6, 6.07) is -0.258. The Morgan fingerprint density at radius 3 is 2.40 bits per heavy atom. The van der Waals surface area contributed by atoms with Crippen LogP contribution in [0, 0.1) is 0 Å². The van der Waals surface area contributed by atoms with E-state index in [0.717, 1.165) is 12.8 Å². The van der Waals surface area contributed by atoms with Crippen molar-refractivity contribution in [3.8, 4) is 0 Å². The zero-order valence-corrected chi connectivity index (χ0v) is 8.44. The largest absolute Gasteiger partial charge is 0.368 e. The monoisotopic (exact) mass is 216 g/mol. The molecule has 0 aromatic carbocycles. The maximum atomic E-state index is 10.8. The maximum Gasteiger partial charge on any atom is 0.314 e. The number of hydrogen-bond donors (Lipinski definition) is 3. The van der Waals surface area contributed by atoms with Crippen molar-refractivity contribution in [2.75, 3.05) is 19.7 Å². The van der Waals surface area contributed by atoms with Crippen LogP contribution in [0.15, 0.2) is 0 Å². The lowest BCUT2D eigenvalue weighted by Crippen LogP contribution is -2.47. The summed E-state index contributed by atoms with van der Waals surface area (Å²) in [4.78, 5) is 27.6. The molecule has 15 heavy (non-hydrogen) atoms. The van der Waals surface area contributed by atoms with Gasteiger partial charge in [0.05, 0.1) is 0 Å². The number of likely N-dealkylation sites (tertiary alicyclic amines) is 1. The molecule has 0 saturated carbocycles. The summed E-state index contributed by atoms with van der Waals surface area (Å²) < 4.78 is 0. The van der Waals surface area contributed by atoms with E-state index in [2.05, 4.69) is 5.48 Å². The molecule has 0 spiro atoms. The highest BCUT2D eigenvalue weighted by molar-refractivity contribution is 5.74. The van der Waals surface area contributed by atoms with Crippen LogP contribution in [0.2, 0.25) is 0 Å². The molecule has 0 aromatic rings. The molecule has 0 aliphatic carbocycles. The predicted octanol–water partition coefficient (Wildman–Crippen LogP) is -1.46. The number of nitrogens with two attached hydrogens (primary N) is 2. The van der Waals surface area contributed by atoms with Crippen LogP contribution in [0.3, 0.4) is 0 Å². The Labute approximate surface area is 87.7 Å². The number of primary amides is 2. The van der Waals surface area contributed by atoms with E-state index in [4.69, 9.17) is 16.3 Å². The van der Waals surface area contributed by atoms with Crippen LogP contribution < -0.4 is 16.9 Å². The van der Waals surface area contributed by atoms with Crippen LogP contribution >= 0.6 is 0 Å². The molecule has 0 atom stereocenters. The van der Waals surface area contributed by atoms with Gasteiger partial charge in [-0.2, -0.15) is 5.48 Å². The van der Waals surface area contributed by atoms with E-state index < -0.39 is 11.9 Å². The molecule has 1 saturated heterocycles. The molecule has 7 heteroatoms. The summed E-state index contributed by atoms with van der Waals surface area (Å²) in [6.45, 7) is 1.07. The quantitative estimate of drug-likeness (QED) is 0.498. The number of nitrogens with one attached hydrogen (secondary N) is 1. The summed E-state index contributed by atoms with van der Waals surface area (Å²) in [5, 5.41) is 0. The second kappa shape index (κ2) is 5.52. The van der Waals surface area contributed by atoms with E-state index in [1.807, 2.05) is 0 Å². The summed E-state index contributed by atoms with van der Waals surface area (Å²) in [6.07, 6.45) is 1.50. The molecular formula is C8H16N4O3. The van der Waals surface area contributed by atoms with Crippen molar-refractivity contribution in [1.29, 1.82) is 0 Å². The van der Waals surface area contributed by atoms with Crippen LogP contribution in [0.25, 0.3) is 0 Å². The molecule has 1 rings (SSSR count). The SMILES string of the molecule is NC(=O)CONC1CCN(C(N)=O)CC1. The van der Waals surface area contributed by atoms with Gasteiger partial charge in [-0.15, -0.1) is 0 Å². The highest BCUT2D eigenvalue weighted by Gasteiger charge is 2.20. The van der Waals surface area contributed by atoms with Gasteiger partial charge in [0.1, 0.15) is 6.61 Å². The van der Waals surface area contributed by atoms with Gasteiger partial charge in [-0.1, -0.05) is 0 Å². The van der Waals surface area contributed by atoms with E-state index in [1.165, 1.54) is 0 Å². The summed E-state index contributed by atoms with van der Waals surface area (Å²) in [5.74, 6) is -0.517. The number of hydroxylamine groups is 1. The molecule has 1 fully saturated rings. The number of amides is 3. The minimum absolute atomic E-state index is 0.139. The Kier molecular flexibility index (Phi) is 4.32. The molecule has 0 radical (unpaired) electrons. The normalized spacial score (nSPS) is 17.7. The zero-order valence-electron chi connectivity index (χ0n) is 8.44. The topological polar surface area (TPSA) is 111 Å². The third-order valence-electron chi connectivity index (χ3n) is 2.27. The lowest BCUT2D eigenvalue weighted by molar-refractivity contribution is -0.126. The van der Waals surface area contributed by atoms with Gasteiger partial charge in [-0.3, -0.25) is 9.63 Å². The molecule has 86 valence electrons. The van der Waals surface area contributed by atoms with Crippen molar-refractivity contribution in [2.24, 2.45) is 11.5 Å². The van der Waals surface area contributed by atoms with Crippen molar-refractivity contribution in [2.45, 2.75) is 18.9 Å². The van der Waals surface area contributed by atoms with Crippen LogP contribution in [-0.2, 0) is 9.63 Å². The molecule has 0 aromatic heterocycles. The molecule has 3 amide bonds. The first kappa shape index (κ1) is 11.7. The minimum Gasteiger partial charge on any atom is -0.368 e. The third kappa shape index (κ3) is 4.13. The minimum atomic E-state index is -0.517. The Bertz CT molecular complexity index is 235. The number of carbonyl (C=O) groups is 2. The van der Waals surface area contributed by atoms with Gasteiger partial charge in [0.2, 0.25) is 5.91 Å². The average Bonchev–Trinajstić information content (AvgIpc) is 2.18. The van der Waals surface area contributed by atoms with Gasteiger partial charge in [0.15, 0.2) is 0 Å². The molecule has 1 heterocycles. The highest BCUT2D eigenvalue weighted by Crippen LogP contribution is 2.09. The van der Waals surface area contributed by atoms with Gasteiger partial charge >= 0.3 is 6.03 Å². The average molecular weight is 216 g/mol. The van der Waals surface area contributed by atoms with Gasteiger partial charge in [-0.25, -0.2) is 4.79 Å². The lowest BCUT2D eigenvalue weighted by Gasteiger charge is -2.30. The maximum absolute atomic E-state index is 10.8. The van der Waals surface area contributed by atoms with Crippen molar-refractivity contribution in [3.63, 3.8) is 0 Å². The number of nitrogens with zero attached hydrogens (tertiary/aromatic N) is 1. The Morgan fingerprint density at radius 1 is 1.33 bits per heavy atom. The van der Waals surface area contributed by atoms with Crippen molar-refractivity contribution < 1.29 is 14.4 Å². The summed E-state index contributed by atoms with van der Waals surface area (Å²) >= 11 is 0. The molecule has 0 unspecified atom stereocenters. The molecule has 1 aliphatic rings. The number of piperidine rings is 1. The fourth-order valence-electron chi connectivity index (χ4n) is 1.45. The fourth-order valence-corrected chi connectivity index (χ4v) is 1.45. The predicted molar refractivity (Wildman–Crippen MR) is 52.5 cm³/mol. The van der Waals surface area contributed by atoms with E-state index in [1.54, 1.807) is 4.90 Å². The van der Waals surface area contributed by atoms with Gasteiger partial charge in [-0.05, 0) is 12.8 Å². The Morgan fingerprint density at radius 2 is 1.93 bits per heavy atom. The van der Waals surface area contributed by atoms with Crippen molar-refractivity contribution in [1.82, 2.24) is 10.4 Å². The molecule has 7 nitrogen and oxygen atoms in total. The Balaban J connectivity index is 2.14. The zero-order chi connectivity index (χ0) is 11.3. The van der Waals surface area contributed by atoms with E-state index in [-0.39, 0.29) is 12.6 Å². The van der Waals surface area contributed by atoms with Crippen LogP contribution in [-0.4, -0.2) is 42.6 Å². The standard InChI is InChI=1S/C8H16N4O3/c9-7(13)5-15-11-6-1-3-12(4-2-6)8(10)14/h6,11H,1-5H2,(H2,9,13)(H2,10,14). The smallest absolute Gasteiger partial charge is 0.314 e. The summed E-state index contributed by atoms with van der Waals surface area (Å²) in [5.41, 5.74) is 12.8.